The van der Waals surface area contributed by atoms with Crippen molar-refractivity contribution in [1.29, 1.82) is 0 Å². The van der Waals surface area contributed by atoms with Gasteiger partial charge in [-0.3, -0.25) is 11.3 Å². The monoisotopic (exact) mass is 254 g/mol. The molecule has 88 valence electrons. The quantitative estimate of drug-likeness (QED) is 0.643. The van der Waals surface area contributed by atoms with E-state index in [2.05, 4.69) is 23.3 Å². The molecule has 1 atom stereocenters. The molecule has 2 aliphatic rings. The first kappa shape index (κ1) is 11.1. The third-order valence-electron chi connectivity index (χ3n) is 3.75. The first-order chi connectivity index (χ1) is 7.88. The Morgan fingerprint density at radius 1 is 1.44 bits per heavy atom. The van der Waals surface area contributed by atoms with Crippen LogP contribution in [0.1, 0.15) is 40.6 Å². The Labute approximate surface area is 105 Å². The van der Waals surface area contributed by atoms with Crippen LogP contribution in [0.15, 0.2) is 6.07 Å². The van der Waals surface area contributed by atoms with E-state index in [1.807, 2.05) is 11.3 Å². The zero-order valence-corrected chi connectivity index (χ0v) is 11.0. The van der Waals surface area contributed by atoms with Crippen LogP contribution in [0.2, 0.25) is 0 Å². The van der Waals surface area contributed by atoms with Gasteiger partial charge in [0.05, 0.1) is 6.04 Å². The molecule has 1 aromatic heterocycles. The minimum Gasteiger partial charge on any atom is -0.271 e. The van der Waals surface area contributed by atoms with Crippen LogP contribution in [0.3, 0.4) is 0 Å². The number of hydrazine groups is 1. The summed E-state index contributed by atoms with van der Waals surface area (Å²) in [5, 5.41) is 0. The fraction of sp³-hybridized carbons (Fsp3) is 0.667. The Balaban J connectivity index is 1.83. The van der Waals surface area contributed by atoms with Gasteiger partial charge in [0.2, 0.25) is 0 Å². The summed E-state index contributed by atoms with van der Waals surface area (Å²) >= 11 is 4.04. The van der Waals surface area contributed by atoms with Crippen molar-refractivity contribution in [2.75, 3.05) is 5.75 Å². The molecule has 1 fully saturated rings. The van der Waals surface area contributed by atoms with Crippen molar-refractivity contribution in [3.63, 3.8) is 0 Å². The summed E-state index contributed by atoms with van der Waals surface area (Å²) < 4.78 is 0. The number of thiophene rings is 1. The molecular formula is C12H18N2S2. The van der Waals surface area contributed by atoms with E-state index in [0.29, 0.717) is 6.04 Å². The smallest absolute Gasteiger partial charge is 0.0581 e. The molecule has 1 unspecified atom stereocenters. The predicted octanol–water partition coefficient (Wildman–Crippen LogP) is 2.84. The van der Waals surface area contributed by atoms with Gasteiger partial charge in [0, 0.05) is 15.5 Å². The highest BCUT2D eigenvalue weighted by Gasteiger charge is 2.29. The van der Waals surface area contributed by atoms with Crippen molar-refractivity contribution in [3.05, 3.63) is 21.4 Å². The fourth-order valence-electron chi connectivity index (χ4n) is 2.55. The molecule has 0 amide bonds. The largest absolute Gasteiger partial charge is 0.271 e. The van der Waals surface area contributed by atoms with E-state index in [4.69, 9.17) is 5.84 Å². The molecule has 1 saturated carbocycles. The molecule has 0 aromatic carbocycles. The second kappa shape index (κ2) is 4.69. The number of hydrogen-bond acceptors (Lipinski definition) is 4. The van der Waals surface area contributed by atoms with Gasteiger partial charge < -0.3 is 0 Å². The van der Waals surface area contributed by atoms with E-state index >= 15 is 0 Å². The number of nitrogens with two attached hydrogens (primary N) is 1. The summed E-state index contributed by atoms with van der Waals surface area (Å²) in [5.74, 6) is 8.99. The maximum atomic E-state index is 5.72. The molecule has 1 aliphatic carbocycles. The lowest BCUT2D eigenvalue weighted by Crippen LogP contribution is -2.35. The van der Waals surface area contributed by atoms with Gasteiger partial charge in [0.1, 0.15) is 0 Å². The molecule has 1 aromatic rings. The zero-order chi connectivity index (χ0) is 11.0. The molecule has 0 bridgehead atoms. The van der Waals surface area contributed by atoms with E-state index in [0.717, 1.165) is 5.92 Å². The van der Waals surface area contributed by atoms with Crippen molar-refractivity contribution in [3.8, 4) is 0 Å². The van der Waals surface area contributed by atoms with Gasteiger partial charge in [0.25, 0.3) is 0 Å². The Morgan fingerprint density at radius 2 is 2.31 bits per heavy atom. The summed E-state index contributed by atoms with van der Waals surface area (Å²) in [4.78, 5) is 3.08. The molecule has 0 saturated heterocycles. The van der Waals surface area contributed by atoms with Gasteiger partial charge in [-0.15, -0.1) is 11.3 Å². The number of thioether (sulfide) groups is 1. The number of aryl methyl sites for hydroxylation is 1. The average molecular weight is 254 g/mol. The maximum absolute atomic E-state index is 5.72. The summed E-state index contributed by atoms with van der Waals surface area (Å²) in [6, 6.07) is 2.81. The van der Waals surface area contributed by atoms with Crippen LogP contribution < -0.4 is 11.3 Å². The van der Waals surface area contributed by atoms with Crippen LogP contribution in [-0.2, 0) is 12.2 Å². The van der Waals surface area contributed by atoms with Crippen LogP contribution in [0.5, 0.6) is 0 Å². The minimum atomic E-state index is 0.411. The van der Waals surface area contributed by atoms with Gasteiger partial charge in [-0.1, -0.05) is 6.42 Å². The molecule has 4 heteroatoms. The third-order valence-corrected chi connectivity index (χ3v) is 6.08. The van der Waals surface area contributed by atoms with E-state index in [-0.39, 0.29) is 0 Å². The Hall–Kier alpha value is -0.0300. The average Bonchev–Trinajstić information content (AvgIpc) is 2.66. The Kier molecular flexibility index (Phi) is 3.25. The first-order valence-electron chi connectivity index (χ1n) is 6.04. The summed E-state index contributed by atoms with van der Waals surface area (Å²) in [6.07, 6.45) is 5.31. The van der Waals surface area contributed by atoms with Crippen molar-refractivity contribution >= 4 is 23.1 Å². The Bertz CT molecular complexity index is 348. The van der Waals surface area contributed by atoms with E-state index in [1.165, 1.54) is 42.1 Å². The molecule has 3 rings (SSSR count). The lowest BCUT2D eigenvalue weighted by molar-refractivity contribution is 0.235. The van der Waals surface area contributed by atoms with Crippen LogP contribution in [0.4, 0.5) is 0 Å². The highest BCUT2D eigenvalue weighted by Crippen LogP contribution is 2.42. The lowest BCUT2D eigenvalue weighted by atomic mass is 9.79. The second-order valence-corrected chi connectivity index (χ2v) is 7.01. The lowest BCUT2D eigenvalue weighted by Gasteiger charge is -2.32. The number of fused-ring (bicyclic) bond motifs is 1. The van der Waals surface area contributed by atoms with Crippen molar-refractivity contribution < 1.29 is 0 Å². The van der Waals surface area contributed by atoms with Gasteiger partial charge in [-0.2, -0.15) is 11.8 Å². The number of hydrogen-bond donors (Lipinski definition) is 2. The number of rotatable bonds is 3. The standard InChI is InChI=1S/C12H18N2S2/c13-14-12(8-2-1-3-8)11-6-9-7-15-5-4-10(9)16-11/h6,8,12,14H,1-5,7,13H2. The van der Waals surface area contributed by atoms with Crippen molar-refractivity contribution in [2.24, 2.45) is 11.8 Å². The molecular weight excluding hydrogens is 236 g/mol. The first-order valence-corrected chi connectivity index (χ1v) is 8.01. The highest BCUT2D eigenvalue weighted by molar-refractivity contribution is 7.98. The zero-order valence-electron chi connectivity index (χ0n) is 9.37. The second-order valence-electron chi connectivity index (χ2n) is 4.74. The minimum absolute atomic E-state index is 0.411. The molecule has 16 heavy (non-hydrogen) atoms. The molecule has 0 radical (unpaired) electrons. The van der Waals surface area contributed by atoms with E-state index < -0.39 is 0 Å². The molecule has 2 heterocycles. The highest BCUT2D eigenvalue weighted by atomic mass is 32.2. The summed E-state index contributed by atoms with van der Waals surface area (Å²) in [5.41, 5.74) is 4.60. The van der Waals surface area contributed by atoms with Gasteiger partial charge >= 0.3 is 0 Å². The summed E-state index contributed by atoms with van der Waals surface area (Å²) in [6.45, 7) is 0. The van der Waals surface area contributed by atoms with Gasteiger partial charge in [-0.25, -0.2) is 0 Å². The van der Waals surface area contributed by atoms with Crippen LogP contribution in [0, 0.1) is 5.92 Å². The molecule has 1 aliphatic heterocycles. The van der Waals surface area contributed by atoms with Crippen LogP contribution in [0.25, 0.3) is 0 Å². The normalized spacial score (nSPS) is 22.6. The molecule has 2 nitrogen and oxygen atoms in total. The van der Waals surface area contributed by atoms with Crippen molar-refractivity contribution in [1.82, 2.24) is 5.43 Å². The predicted molar refractivity (Wildman–Crippen MR) is 71.6 cm³/mol. The van der Waals surface area contributed by atoms with E-state index in [9.17, 15) is 0 Å². The molecule has 0 spiro atoms. The topological polar surface area (TPSA) is 38.0 Å². The van der Waals surface area contributed by atoms with E-state index in [1.54, 1.807) is 10.4 Å². The van der Waals surface area contributed by atoms with Crippen LogP contribution in [-0.4, -0.2) is 5.75 Å². The maximum Gasteiger partial charge on any atom is 0.0581 e. The van der Waals surface area contributed by atoms with Crippen LogP contribution >= 0.6 is 23.1 Å². The third kappa shape index (κ3) is 1.92. The Morgan fingerprint density at radius 3 is 2.94 bits per heavy atom. The SMILES string of the molecule is NNC(c1cc2c(s1)CCSC2)C1CCC1. The fourth-order valence-corrected chi connectivity index (χ4v) is 5.08. The van der Waals surface area contributed by atoms with Gasteiger partial charge in [-0.05, 0) is 42.6 Å². The summed E-state index contributed by atoms with van der Waals surface area (Å²) in [7, 11) is 0. The van der Waals surface area contributed by atoms with Gasteiger partial charge in [0.15, 0.2) is 0 Å². The van der Waals surface area contributed by atoms with Crippen molar-refractivity contribution in [2.45, 2.75) is 37.5 Å². The molecule has 3 N–H and O–H groups in total. The number of nitrogens with one attached hydrogen (secondary N) is 1.